The Labute approximate surface area is 260 Å². The second kappa shape index (κ2) is 18.0. The fraction of sp³-hybridized carbons (Fsp3) is 0.258. The summed E-state index contributed by atoms with van der Waals surface area (Å²) in [4.78, 5) is 13.1. The molecule has 0 fully saturated rings. The van der Waals surface area contributed by atoms with Crippen LogP contribution < -0.4 is 42.7 Å². The van der Waals surface area contributed by atoms with Crippen LogP contribution in [0.25, 0.3) is 0 Å². The Bertz CT molecular complexity index is 1240. The number of amides is 1. The Hall–Kier alpha value is -3.72. The predicted molar refractivity (Wildman–Crippen MR) is 188 cm³/mol. The summed E-state index contributed by atoms with van der Waals surface area (Å²) in [7, 11) is -2.42. The van der Waals surface area contributed by atoms with Crippen molar-refractivity contribution < 1.29 is 4.79 Å². The minimum atomic E-state index is -2.42. The van der Waals surface area contributed by atoms with E-state index >= 15 is 0 Å². The quantitative estimate of drug-likeness (QED) is 0.0817. The molecule has 5 N–H and O–H groups in total. The normalized spacial score (nSPS) is 11.9. The molecular formula is C31H40N7OPS2. The summed E-state index contributed by atoms with van der Waals surface area (Å²) in [5.41, 5.74) is 6.11. The van der Waals surface area contributed by atoms with Crippen LogP contribution >= 0.6 is 31.7 Å². The van der Waals surface area contributed by atoms with Crippen molar-refractivity contribution in [3.8, 4) is 0 Å². The predicted octanol–water partition coefficient (Wildman–Crippen LogP) is 2.92. The molecule has 11 heteroatoms. The second-order valence-electron chi connectivity index (χ2n) is 9.41. The Balaban J connectivity index is 1.73. The number of nitrogens with zero attached hydrogens (tertiary/aromatic N) is 2. The topological polar surface area (TPSA) is 102 Å². The molecular weight excluding hydrogens is 581 g/mol. The zero-order valence-electron chi connectivity index (χ0n) is 24.1. The summed E-state index contributed by atoms with van der Waals surface area (Å²) in [5, 5.41) is 22.3. The molecule has 0 atom stereocenters. The van der Waals surface area contributed by atoms with Crippen LogP contribution in [0.5, 0.6) is 0 Å². The zero-order chi connectivity index (χ0) is 30.0. The molecule has 3 aromatic rings. The first-order valence-corrected chi connectivity index (χ1v) is 17.1. The van der Waals surface area contributed by atoms with Gasteiger partial charge in [0.1, 0.15) is 0 Å². The average Bonchev–Trinajstić information content (AvgIpc) is 3.02. The van der Waals surface area contributed by atoms with E-state index in [0.717, 1.165) is 6.16 Å². The van der Waals surface area contributed by atoms with Gasteiger partial charge in [-0.25, -0.2) is 0 Å². The van der Waals surface area contributed by atoms with Gasteiger partial charge in [0.25, 0.3) is 0 Å². The van der Waals surface area contributed by atoms with Crippen molar-refractivity contribution in [2.75, 3.05) is 25.8 Å². The van der Waals surface area contributed by atoms with Gasteiger partial charge in [0.05, 0.1) is 0 Å². The number of thiocarbonyl (C=S) groups is 2. The van der Waals surface area contributed by atoms with Gasteiger partial charge in [-0.1, -0.05) is 0 Å². The molecule has 0 radical (unpaired) electrons. The monoisotopic (exact) mass is 621 g/mol. The molecule has 0 unspecified atom stereocenters. The Kier molecular flexibility index (Phi) is 14.0. The molecule has 8 nitrogen and oxygen atoms in total. The summed E-state index contributed by atoms with van der Waals surface area (Å²) in [6, 6.07) is 32.0. The van der Waals surface area contributed by atoms with E-state index in [4.69, 9.17) is 24.4 Å². The number of hydrogen-bond acceptors (Lipinski definition) is 5. The number of hydrazone groups is 2. The van der Waals surface area contributed by atoms with E-state index in [0.29, 0.717) is 42.0 Å². The number of hydrogen-bond donors (Lipinski definition) is 5. The first-order valence-electron chi connectivity index (χ1n) is 14.1. The van der Waals surface area contributed by atoms with Crippen LogP contribution in [0.1, 0.15) is 26.7 Å². The van der Waals surface area contributed by atoms with E-state index in [9.17, 15) is 4.79 Å². The van der Waals surface area contributed by atoms with Crippen LogP contribution in [-0.4, -0.2) is 53.9 Å². The maximum absolute atomic E-state index is 13.1. The Morgan fingerprint density at radius 1 is 0.714 bits per heavy atom. The number of carbonyl (C=O) groups is 1. The fourth-order valence-electron chi connectivity index (χ4n) is 4.66. The van der Waals surface area contributed by atoms with Gasteiger partial charge in [-0.2, -0.15) is 0 Å². The number of nitrogens with one attached hydrogen (secondary N) is 5. The molecule has 0 saturated carbocycles. The van der Waals surface area contributed by atoms with Crippen LogP contribution in [-0.2, 0) is 4.79 Å². The summed E-state index contributed by atoms with van der Waals surface area (Å²) in [6.45, 7) is 5.79. The first kappa shape index (κ1) is 32.8. The SMILES string of the molecule is CCNC(=S)N/N=C(\C=N\NC(=S)NCC)CCC(=O)NCC[PH](c1ccccc1)(c1ccccc1)c1ccccc1. The molecule has 42 heavy (non-hydrogen) atoms. The van der Waals surface area contributed by atoms with E-state index in [1.54, 1.807) is 0 Å². The van der Waals surface area contributed by atoms with Gasteiger partial charge in [0.2, 0.25) is 0 Å². The van der Waals surface area contributed by atoms with E-state index < -0.39 is 7.26 Å². The Morgan fingerprint density at radius 3 is 1.67 bits per heavy atom. The van der Waals surface area contributed by atoms with Crippen LogP contribution in [0.2, 0.25) is 0 Å². The minimum absolute atomic E-state index is 0.0569. The summed E-state index contributed by atoms with van der Waals surface area (Å²) in [5.74, 6) is -0.0569. The summed E-state index contributed by atoms with van der Waals surface area (Å²) < 4.78 is 0. The van der Waals surface area contributed by atoms with Crippen LogP contribution in [0.4, 0.5) is 0 Å². The maximum atomic E-state index is 13.1. The number of carbonyl (C=O) groups excluding carboxylic acids is 1. The van der Waals surface area contributed by atoms with Gasteiger partial charge in [-0.05, 0) is 13.8 Å². The van der Waals surface area contributed by atoms with Crippen molar-refractivity contribution >= 4 is 75.7 Å². The van der Waals surface area contributed by atoms with Gasteiger partial charge in [0.15, 0.2) is 0 Å². The van der Waals surface area contributed by atoms with Gasteiger partial charge >= 0.3 is 241 Å². The molecule has 0 saturated heterocycles. The van der Waals surface area contributed by atoms with Crippen molar-refractivity contribution in [3.05, 3.63) is 91.0 Å². The molecule has 3 aromatic carbocycles. The standard InChI is InChI=1S/C31H40N7OPS2/c1-3-32-30(41)37-35-24-25(36-38-31(42)33-4-2)20-21-29(39)34-22-23-40(26-14-8-5-9-15-26,27-16-10-6-11-17-27)28-18-12-7-13-19-28/h5-19,24,40H,3-4,20-23H2,1-2H3,(H,34,39)(H2,32,37,41)(H2,33,38,42)/b35-24+,36-25-. The molecule has 222 valence electrons. The molecule has 3 rings (SSSR count). The van der Waals surface area contributed by atoms with Gasteiger partial charge in [0, 0.05) is 6.54 Å². The number of benzene rings is 3. The van der Waals surface area contributed by atoms with E-state index in [1.807, 2.05) is 32.0 Å². The van der Waals surface area contributed by atoms with Crippen molar-refractivity contribution in [1.82, 2.24) is 26.8 Å². The molecule has 0 aliphatic carbocycles. The van der Waals surface area contributed by atoms with Crippen LogP contribution in [0, 0.1) is 0 Å². The van der Waals surface area contributed by atoms with Crippen molar-refractivity contribution in [3.63, 3.8) is 0 Å². The van der Waals surface area contributed by atoms with Gasteiger partial charge in [-0.15, -0.1) is 0 Å². The molecule has 0 aromatic heterocycles. The fourth-order valence-corrected chi connectivity index (χ4v) is 9.70. The molecule has 0 spiro atoms. The van der Waals surface area contributed by atoms with Crippen molar-refractivity contribution in [1.29, 1.82) is 0 Å². The molecule has 0 aliphatic heterocycles. The van der Waals surface area contributed by atoms with Crippen molar-refractivity contribution in [2.45, 2.75) is 26.7 Å². The summed E-state index contributed by atoms with van der Waals surface area (Å²) >= 11 is 10.4. The van der Waals surface area contributed by atoms with Gasteiger partial charge < -0.3 is 0 Å². The second-order valence-corrected chi connectivity index (χ2v) is 14.3. The Morgan fingerprint density at radius 2 is 1.19 bits per heavy atom. The van der Waals surface area contributed by atoms with E-state index in [-0.39, 0.29) is 12.3 Å². The molecule has 0 aliphatic rings. The zero-order valence-corrected chi connectivity index (χ0v) is 26.7. The van der Waals surface area contributed by atoms with Crippen LogP contribution in [0.15, 0.2) is 101 Å². The first-order chi connectivity index (χ1) is 20.5. The third-order valence-corrected chi connectivity index (χ3v) is 12.0. The number of rotatable bonds is 14. The van der Waals surface area contributed by atoms with Crippen LogP contribution in [0.3, 0.4) is 0 Å². The van der Waals surface area contributed by atoms with E-state index in [2.05, 4.69) is 110 Å². The van der Waals surface area contributed by atoms with E-state index in [1.165, 1.54) is 22.1 Å². The van der Waals surface area contributed by atoms with Crippen molar-refractivity contribution in [2.24, 2.45) is 10.2 Å². The third kappa shape index (κ3) is 9.98. The molecule has 1 amide bonds. The third-order valence-electron chi connectivity index (χ3n) is 6.59. The molecule has 0 bridgehead atoms. The van der Waals surface area contributed by atoms with Gasteiger partial charge in [-0.3, -0.25) is 0 Å². The molecule has 0 heterocycles. The average molecular weight is 622 g/mol. The summed E-state index contributed by atoms with van der Waals surface area (Å²) in [6.07, 6.45) is 2.97.